The van der Waals surface area contributed by atoms with Crippen molar-refractivity contribution in [1.29, 1.82) is 5.26 Å². The molecule has 4 aromatic rings. The minimum Gasteiger partial charge on any atom is -0.481 e. The highest BCUT2D eigenvalue weighted by Gasteiger charge is 2.26. The number of amides is 1. The number of aryl methyl sites for hydroxylation is 1. The molecule has 4 rings (SSSR count). The smallest absolute Gasteiger partial charge is 0.272 e. The number of rotatable bonds is 6. The molecule has 3 heterocycles. The Balaban J connectivity index is 1.93. The maximum Gasteiger partial charge on any atom is 0.272 e. The second-order valence-corrected chi connectivity index (χ2v) is 8.88. The predicted octanol–water partition coefficient (Wildman–Crippen LogP) is 3.54. The highest BCUT2D eigenvalue weighted by atomic mass is 16.5. The molecule has 0 aliphatic heterocycles. The molecule has 0 aliphatic rings. The van der Waals surface area contributed by atoms with E-state index in [9.17, 15) is 15.2 Å². The van der Waals surface area contributed by atoms with Crippen molar-refractivity contribution in [2.75, 3.05) is 7.11 Å². The first-order valence-electron chi connectivity index (χ1n) is 11.1. The van der Waals surface area contributed by atoms with Gasteiger partial charge in [-0.3, -0.25) is 4.79 Å². The summed E-state index contributed by atoms with van der Waals surface area (Å²) < 4.78 is 6.98. The van der Waals surface area contributed by atoms with E-state index in [-0.39, 0.29) is 5.69 Å². The number of nitrogens with zero attached hydrogens (tertiary/aromatic N) is 5. The van der Waals surface area contributed by atoms with E-state index in [2.05, 4.69) is 21.5 Å². The first kappa shape index (κ1) is 23.9. The number of carbonyl (C=O) groups is 1. The van der Waals surface area contributed by atoms with Gasteiger partial charge >= 0.3 is 0 Å². The van der Waals surface area contributed by atoms with Crippen LogP contribution in [0.4, 0.5) is 0 Å². The van der Waals surface area contributed by atoms with Gasteiger partial charge in [0.2, 0.25) is 5.88 Å². The summed E-state index contributed by atoms with van der Waals surface area (Å²) in [6.45, 7) is 6.84. The zero-order valence-electron chi connectivity index (χ0n) is 20.2. The van der Waals surface area contributed by atoms with Crippen molar-refractivity contribution in [2.45, 2.75) is 39.3 Å². The van der Waals surface area contributed by atoms with Crippen LogP contribution in [0.2, 0.25) is 0 Å². The summed E-state index contributed by atoms with van der Waals surface area (Å²) in [7, 11) is 1.54. The van der Waals surface area contributed by atoms with Crippen molar-refractivity contribution in [1.82, 2.24) is 24.9 Å². The third kappa shape index (κ3) is 4.83. The van der Waals surface area contributed by atoms with Gasteiger partial charge in [-0.05, 0) is 58.0 Å². The molecule has 0 saturated heterocycles. The van der Waals surface area contributed by atoms with Gasteiger partial charge in [-0.1, -0.05) is 12.1 Å². The number of hydrogen-bond acceptors (Lipinski definition) is 7. The number of methoxy groups -OCH3 is 1. The third-order valence-electron chi connectivity index (χ3n) is 5.79. The van der Waals surface area contributed by atoms with E-state index >= 15 is 0 Å². The molecule has 2 N–H and O–H groups in total. The lowest BCUT2D eigenvalue weighted by atomic mass is 10.0. The van der Waals surface area contributed by atoms with Crippen molar-refractivity contribution in [3.05, 3.63) is 65.5 Å². The normalized spacial score (nSPS) is 12.3. The largest absolute Gasteiger partial charge is 0.481 e. The van der Waals surface area contributed by atoms with Crippen molar-refractivity contribution in [3.63, 3.8) is 0 Å². The van der Waals surface area contributed by atoms with Crippen molar-refractivity contribution < 1.29 is 14.6 Å². The zero-order chi connectivity index (χ0) is 25.3. The molecular weight excluding hydrogens is 444 g/mol. The quantitative estimate of drug-likeness (QED) is 0.441. The second-order valence-electron chi connectivity index (χ2n) is 8.88. The van der Waals surface area contributed by atoms with Crippen LogP contribution < -0.4 is 10.1 Å². The van der Waals surface area contributed by atoms with E-state index < -0.39 is 17.6 Å². The van der Waals surface area contributed by atoms with E-state index in [1.807, 2.05) is 19.1 Å². The maximum absolute atomic E-state index is 12.9. The molecule has 1 aromatic carbocycles. The molecule has 0 radical (unpaired) electrons. The number of carbonyl (C=O) groups excluding carboxylic acids is 1. The minimum absolute atomic E-state index is 0.169. The van der Waals surface area contributed by atoms with Gasteiger partial charge in [-0.25, -0.2) is 14.5 Å². The van der Waals surface area contributed by atoms with Gasteiger partial charge in [0.1, 0.15) is 11.4 Å². The SMILES string of the molecule is COc1cc(-c2c(-c3cccc(C#N)c3)nc3ccc(C(=O)N[C@@H](C)C(C)(C)O)nn23)cc(C)n1. The molecule has 0 bridgehead atoms. The van der Waals surface area contributed by atoms with E-state index in [0.29, 0.717) is 28.5 Å². The summed E-state index contributed by atoms with van der Waals surface area (Å²) in [6, 6.07) is 15.8. The Morgan fingerprint density at radius 3 is 2.63 bits per heavy atom. The minimum atomic E-state index is -1.09. The molecule has 178 valence electrons. The summed E-state index contributed by atoms with van der Waals surface area (Å²) in [5.41, 5.74) is 3.55. The summed E-state index contributed by atoms with van der Waals surface area (Å²) in [5.74, 6) is 0.0114. The number of imidazole rings is 1. The summed E-state index contributed by atoms with van der Waals surface area (Å²) in [5, 5.41) is 27.0. The Morgan fingerprint density at radius 2 is 1.94 bits per heavy atom. The third-order valence-corrected chi connectivity index (χ3v) is 5.79. The van der Waals surface area contributed by atoms with E-state index in [1.54, 1.807) is 68.8 Å². The molecule has 9 heteroatoms. The number of aromatic nitrogens is 4. The van der Waals surface area contributed by atoms with Crippen molar-refractivity contribution >= 4 is 11.6 Å². The molecule has 0 fully saturated rings. The molecule has 3 aromatic heterocycles. The van der Waals surface area contributed by atoms with Crippen LogP contribution in [0.25, 0.3) is 28.2 Å². The number of pyridine rings is 1. The Hall–Kier alpha value is -4.29. The Bertz CT molecular complexity index is 1460. The highest BCUT2D eigenvalue weighted by molar-refractivity contribution is 5.93. The van der Waals surface area contributed by atoms with Gasteiger partial charge in [-0.15, -0.1) is 0 Å². The van der Waals surface area contributed by atoms with E-state index in [4.69, 9.17) is 9.72 Å². The summed E-state index contributed by atoms with van der Waals surface area (Å²) >= 11 is 0. The van der Waals surface area contributed by atoms with Gasteiger partial charge in [-0.2, -0.15) is 10.4 Å². The number of ether oxygens (including phenoxy) is 1. The van der Waals surface area contributed by atoms with Crippen LogP contribution in [0.15, 0.2) is 48.5 Å². The fourth-order valence-electron chi connectivity index (χ4n) is 3.58. The Morgan fingerprint density at radius 1 is 1.17 bits per heavy atom. The average molecular weight is 471 g/mol. The molecule has 1 amide bonds. The van der Waals surface area contributed by atoms with Crippen LogP contribution in [0.1, 0.15) is 42.5 Å². The van der Waals surface area contributed by atoms with E-state index in [1.165, 1.54) is 0 Å². The lowest BCUT2D eigenvalue weighted by molar-refractivity contribution is 0.0407. The van der Waals surface area contributed by atoms with Crippen molar-refractivity contribution in [2.24, 2.45) is 0 Å². The van der Waals surface area contributed by atoms with Crippen LogP contribution in [0, 0.1) is 18.3 Å². The molecule has 0 unspecified atom stereocenters. The molecule has 9 nitrogen and oxygen atoms in total. The monoisotopic (exact) mass is 470 g/mol. The molecule has 35 heavy (non-hydrogen) atoms. The molecular formula is C26H26N6O3. The molecule has 0 saturated carbocycles. The lowest BCUT2D eigenvalue weighted by Crippen LogP contribution is -2.47. The number of aliphatic hydroxyl groups is 1. The lowest BCUT2D eigenvalue weighted by Gasteiger charge is -2.26. The first-order valence-corrected chi connectivity index (χ1v) is 11.1. The van der Waals surface area contributed by atoms with Crippen molar-refractivity contribution in [3.8, 4) is 34.5 Å². The Labute approximate surface area is 203 Å². The maximum atomic E-state index is 12.9. The number of benzene rings is 1. The van der Waals surface area contributed by atoms with Crippen LogP contribution >= 0.6 is 0 Å². The molecule has 1 atom stereocenters. The fraction of sp³-hybridized carbons (Fsp3) is 0.269. The molecule has 0 spiro atoms. The van der Waals surface area contributed by atoms with Crippen LogP contribution in [0.5, 0.6) is 5.88 Å². The number of nitriles is 1. The fourth-order valence-corrected chi connectivity index (χ4v) is 3.58. The van der Waals surface area contributed by atoms with E-state index in [0.717, 1.165) is 16.8 Å². The topological polar surface area (TPSA) is 125 Å². The van der Waals surface area contributed by atoms with Crippen LogP contribution in [0.3, 0.4) is 0 Å². The first-order chi connectivity index (χ1) is 16.6. The van der Waals surface area contributed by atoms with Gasteiger partial charge in [0.15, 0.2) is 5.65 Å². The van der Waals surface area contributed by atoms with Gasteiger partial charge in [0.25, 0.3) is 5.91 Å². The predicted molar refractivity (Wildman–Crippen MR) is 131 cm³/mol. The summed E-state index contributed by atoms with van der Waals surface area (Å²) in [6.07, 6.45) is 0. The van der Waals surface area contributed by atoms with Gasteiger partial charge in [0, 0.05) is 22.9 Å². The zero-order valence-corrected chi connectivity index (χ0v) is 20.2. The Kier molecular flexibility index (Phi) is 6.24. The standard InChI is InChI=1S/C26H26N6O3/c1-15-11-19(13-22(28-15)35-5)24-23(18-8-6-7-17(12-18)14-27)30-21-10-9-20(31-32(21)24)25(33)29-16(2)26(3,4)34/h6-13,16,34H,1-5H3,(H,29,33)/t16-/m0/s1. The average Bonchev–Trinajstić information content (AvgIpc) is 3.21. The number of fused-ring (bicyclic) bond motifs is 1. The number of nitrogens with one attached hydrogen (secondary N) is 1. The van der Waals surface area contributed by atoms with Crippen LogP contribution in [-0.2, 0) is 0 Å². The van der Waals surface area contributed by atoms with Gasteiger partial charge < -0.3 is 15.2 Å². The van der Waals surface area contributed by atoms with Gasteiger partial charge in [0.05, 0.1) is 36.1 Å². The summed E-state index contributed by atoms with van der Waals surface area (Å²) in [4.78, 5) is 22.1. The van der Waals surface area contributed by atoms with Crippen LogP contribution in [-0.4, -0.2) is 49.3 Å². The highest BCUT2D eigenvalue weighted by Crippen LogP contribution is 2.34. The number of hydrogen-bond donors (Lipinski definition) is 2. The second kappa shape index (κ2) is 9.16. The molecule has 0 aliphatic carbocycles.